The number of aliphatic carboxylic acids is 1. The Balaban J connectivity index is 5.29. The molecule has 5 unspecified atom stereocenters. The molecule has 0 saturated carbocycles. The highest BCUT2D eigenvalue weighted by Crippen LogP contribution is 2.04. The Labute approximate surface area is 190 Å². The maximum absolute atomic E-state index is 12.7. The summed E-state index contributed by atoms with van der Waals surface area (Å²) in [5.74, 6) is -4.65. The Bertz CT molecular complexity index is 739. The molecule has 5 atom stereocenters. The van der Waals surface area contributed by atoms with Gasteiger partial charge in [0.05, 0.1) is 6.10 Å². The number of primary amides is 1. The van der Waals surface area contributed by atoms with Crippen molar-refractivity contribution in [3.05, 3.63) is 0 Å². The summed E-state index contributed by atoms with van der Waals surface area (Å²) in [5.41, 5.74) is 21.0. The molecule has 0 aromatic heterocycles. The summed E-state index contributed by atoms with van der Waals surface area (Å²) in [6, 6.07) is -5.00. The molecular formula is C18H34N8O7. The fourth-order valence-corrected chi connectivity index (χ4v) is 2.48. The highest BCUT2D eigenvalue weighted by molar-refractivity contribution is 5.94. The first-order valence-electron chi connectivity index (χ1n) is 10.2. The van der Waals surface area contributed by atoms with Gasteiger partial charge in [-0.15, -0.1) is 0 Å². The minimum absolute atomic E-state index is 0.0321. The molecule has 188 valence electrons. The normalized spacial score (nSPS) is 15.2. The van der Waals surface area contributed by atoms with E-state index >= 15 is 0 Å². The fourth-order valence-electron chi connectivity index (χ4n) is 2.48. The van der Waals surface area contributed by atoms with Gasteiger partial charge in [-0.25, -0.2) is 4.79 Å². The van der Waals surface area contributed by atoms with Crippen molar-refractivity contribution >= 4 is 35.6 Å². The minimum Gasteiger partial charge on any atom is -0.480 e. The average Bonchev–Trinajstić information content (AvgIpc) is 2.71. The van der Waals surface area contributed by atoms with E-state index in [1.807, 2.05) is 0 Å². The van der Waals surface area contributed by atoms with Gasteiger partial charge in [0.1, 0.15) is 24.2 Å². The van der Waals surface area contributed by atoms with Crippen LogP contribution in [0.25, 0.3) is 0 Å². The number of aliphatic hydroxyl groups is 1. The predicted molar refractivity (Wildman–Crippen MR) is 117 cm³/mol. The van der Waals surface area contributed by atoms with Crippen molar-refractivity contribution < 1.29 is 34.2 Å². The van der Waals surface area contributed by atoms with Crippen LogP contribution in [-0.2, 0) is 24.0 Å². The molecular weight excluding hydrogens is 440 g/mol. The molecule has 33 heavy (non-hydrogen) atoms. The molecule has 0 aliphatic rings. The van der Waals surface area contributed by atoms with Crippen LogP contribution in [0.5, 0.6) is 0 Å². The van der Waals surface area contributed by atoms with Gasteiger partial charge in [-0.1, -0.05) is 0 Å². The number of aliphatic imine (C=N–C) groups is 1. The zero-order chi connectivity index (χ0) is 25.7. The van der Waals surface area contributed by atoms with Gasteiger partial charge < -0.3 is 49.1 Å². The molecule has 13 N–H and O–H groups in total. The van der Waals surface area contributed by atoms with E-state index in [9.17, 15) is 34.2 Å². The molecule has 0 saturated heterocycles. The molecule has 15 heteroatoms. The summed E-state index contributed by atoms with van der Waals surface area (Å²) >= 11 is 0. The second-order valence-corrected chi connectivity index (χ2v) is 7.41. The van der Waals surface area contributed by atoms with Crippen molar-refractivity contribution in [1.82, 2.24) is 16.0 Å². The molecule has 0 aliphatic heterocycles. The third-order valence-corrected chi connectivity index (χ3v) is 4.45. The van der Waals surface area contributed by atoms with Gasteiger partial charge >= 0.3 is 5.97 Å². The lowest BCUT2D eigenvalue weighted by Gasteiger charge is -2.24. The number of hydrogen-bond donors (Lipinski definition) is 9. The second kappa shape index (κ2) is 14.6. The summed E-state index contributed by atoms with van der Waals surface area (Å²) < 4.78 is 0. The van der Waals surface area contributed by atoms with Crippen molar-refractivity contribution in [2.45, 2.75) is 69.8 Å². The van der Waals surface area contributed by atoms with Crippen LogP contribution >= 0.6 is 0 Å². The number of nitrogens with one attached hydrogen (secondary N) is 3. The highest BCUT2D eigenvalue weighted by atomic mass is 16.4. The number of hydrogen-bond acceptors (Lipinski definition) is 8. The van der Waals surface area contributed by atoms with Gasteiger partial charge in [0.2, 0.25) is 23.6 Å². The van der Waals surface area contributed by atoms with E-state index in [0.717, 1.165) is 0 Å². The zero-order valence-corrected chi connectivity index (χ0v) is 18.6. The Kier molecular flexibility index (Phi) is 13.0. The van der Waals surface area contributed by atoms with Gasteiger partial charge in [0.15, 0.2) is 5.96 Å². The van der Waals surface area contributed by atoms with Gasteiger partial charge in [0, 0.05) is 13.0 Å². The summed E-state index contributed by atoms with van der Waals surface area (Å²) in [6.07, 6.45) is -1.38. The number of carbonyl (C=O) groups is 5. The van der Waals surface area contributed by atoms with E-state index in [0.29, 0.717) is 0 Å². The van der Waals surface area contributed by atoms with Crippen LogP contribution in [0.1, 0.15) is 39.5 Å². The molecule has 0 bridgehead atoms. The van der Waals surface area contributed by atoms with Crippen molar-refractivity contribution in [3.8, 4) is 0 Å². The number of amides is 4. The molecule has 0 heterocycles. The standard InChI is InChI=1S/C18H34N8O7/c1-8(24-16(31)13(20)9(2)27)14(29)25-10(4-3-7-23-18(21)22)15(30)26-11(17(32)33)5-6-12(19)28/h8-11,13,27H,3-7,20H2,1-2H3,(H2,19,28)(H,24,31)(H,25,29)(H,26,30)(H,32,33)(H4,21,22,23). The van der Waals surface area contributed by atoms with Crippen molar-refractivity contribution in [3.63, 3.8) is 0 Å². The third kappa shape index (κ3) is 12.2. The SMILES string of the molecule is CC(NC(=O)C(N)C(C)O)C(=O)NC(CCCN=C(N)N)C(=O)NC(CCC(N)=O)C(=O)O. The van der Waals surface area contributed by atoms with Gasteiger partial charge in [-0.2, -0.15) is 0 Å². The van der Waals surface area contributed by atoms with E-state index in [1.54, 1.807) is 0 Å². The van der Waals surface area contributed by atoms with Crippen LogP contribution in [0, 0.1) is 0 Å². The highest BCUT2D eigenvalue weighted by Gasteiger charge is 2.29. The van der Waals surface area contributed by atoms with Gasteiger partial charge in [0.25, 0.3) is 0 Å². The van der Waals surface area contributed by atoms with E-state index in [1.165, 1.54) is 13.8 Å². The fraction of sp³-hybridized carbons (Fsp3) is 0.667. The second-order valence-electron chi connectivity index (χ2n) is 7.41. The topological polar surface area (TPSA) is 278 Å². The lowest BCUT2D eigenvalue weighted by molar-refractivity contribution is -0.142. The van der Waals surface area contributed by atoms with Crippen molar-refractivity contribution in [2.75, 3.05) is 6.54 Å². The van der Waals surface area contributed by atoms with Crippen LogP contribution < -0.4 is 38.9 Å². The van der Waals surface area contributed by atoms with Gasteiger partial charge in [-0.3, -0.25) is 24.2 Å². The smallest absolute Gasteiger partial charge is 0.326 e. The maximum atomic E-state index is 12.7. The molecule has 0 aliphatic carbocycles. The van der Waals surface area contributed by atoms with Crippen LogP contribution in [0.4, 0.5) is 0 Å². The number of nitrogens with two attached hydrogens (primary N) is 4. The molecule has 0 aromatic carbocycles. The number of rotatable bonds is 15. The van der Waals surface area contributed by atoms with Crippen LogP contribution in [-0.4, -0.2) is 82.6 Å². The summed E-state index contributed by atoms with van der Waals surface area (Å²) in [4.78, 5) is 63.2. The lowest BCUT2D eigenvalue weighted by atomic mass is 10.1. The lowest BCUT2D eigenvalue weighted by Crippen LogP contribution is -2.57. The number of carboxylic acid groups (broad SMARTS) is 1. The van der Waals surface area contributed by atoms with E-state index in [2.05, 4.69) is 20.9 Å². The number of carboxylic acids is 1. The first-order chi connectivity index (χ1) is 15.3. The largest absolute Gasteiger partial charge is 0.480 e. The summed E-state index contributed by atoms with van der Waals surface area (Å²) in [6.45, 7) is 2.79. The maximum Gasteiger partial charge on any atom is 0.326 e. The molecule has 0 rings (SSSR count). The number of nitrogens with zero attached hydrogens (tertiary/aromatic N) is 1. The van der Waals surface area contributed by atoms with Gasteiger partial charge in [-0.05, 0) is 33.1 Å². The number of aliphatic hydroxyl groups excluding tert-OH is 1. The van der Waals surface area contributed by atoms with E-state index in [4.69, 9.17) is 22.9 Å². The Hall–Kier alpha value is -3.46. The Morgan fingerprint density at radius 3 is 1.94 bits per heavy atom. The van der Waals surface area contributed by atoms with Crippen LogP contribution in [0.3, 0.4) is 0 Å². The van der Waals surface area contributed by atoms with E-state index in [-0.39, 0.29) is 38.2 Å². The monoisotopic (exact) mass is 474 g/mol. The van der Waals surface area contributed by atoms with Crippen molar-refractivity contribution in [2.24, 2.45) is 27.9 Å². The Morgan fingerprint density at radius 2 is 1.45 bits per heavy atom. The number of guanidine groups is 1. The average molecular weight is 475 g/mol. The molecule has 0 aromatic rings. The number of carbonyl (C=O) groups excluding carboxylic acids is 4. The molecule has 0 fully saturated rings. The first kappa shape index (κ1) is 29.5. The van der Waals surface area contributed by atoms with E-state index < -0.39 is 59.9 Å². The Morgan fingerprint density at radius 1 is 0.879 bits per heavy atom. The molecule has 4 amide bonds. The van der Waals surface area contributed by atoms with Crippen molar-refractivity contribution in [1.29, 1.82) is 0 Å². The van der Waals surface area contributed by atoms with Crippen LogP contribution in [0.15, 0.2) is 4.99 Å². The summed E-state index contributed by atoms with van der Waals surface area (Å²) in [5, 5.41) is 25.6. The molecule has 15 nitrogen and oxygen atoms in total. The molecule has 0 spiro atoms. The van der Waals surface area contributed by atoms with Crippen LogP contribution in [0.2, 0.25) is 0 Å². The quantitative estimate of drug-likeness (QED) is 0.0623. The first-order valence-corrected chi connectivity index (χ1v) is 10.2. The minimum atomic E-state index is -1.41. The predicted octanol–water partition coefficient (Wildman–Crippen LogP) is -4.43. The molecule has 0 radical (unpaired) electrons. The third-order valence-electron chi connectivity index (χ3n) is 4.45. The summed E-state index contributed by atoms with van der Waals surface area (Å²) in [7, 11) is 0. The zero-order valence-electron chi connectivity index (χ0n) is 18.6.